The number of amides is 1. The molecule has 0 saturated carbocycles. The third kappa shape index (κ3) is 1.80. The van der Waals surface area contributed by atoms with Crippen LogP contribution in [0.2, 0.25) is 0 Å². The lowest BCUT2D eigenvalue weighted by molar-refractivity contribution is -0.128. The molecule has 3 rings (SSSR count). The molecule has 0 aliphatic carbocycles. The van der Waals surface area contributed by atoms with Gasteiger partial charge >= 0.3 is 0 Å². The van der Waals surface area contributed by atoms with Crippen LogP contribution in [0.1, 0.15) is 18.0 Å². The first-order valence-electron chi connectivity index (χ1n) is 6.12. The van der Waals surface area contributed by atoms with Gasteiger partial charge in [0.05, 0.1) is 12.1 Å². The normalized spacial score (nSPS) is 26.3. The van der Waals surface area contributed by atoms with Gasteiger partial charge in [0.25, 0.3) is 0 Å². The number of hydrogen-bond acceptors (Lipinski definition) is 4. The van der Waals surface area contributed by atoms with Crippen molar-refractivity contribution in [3.8, 4) is 11.5 Å². The molecule has 2 atom stereocenters. The van der Waals surface area contributed by atoms with Crippen LogP contribution in [-0.2, 0) is 4.79 Å². The largest absolute Gasteiger partial charge is 0.508 e. The second-order valence-electron chi connectivity index (χ2n) is 4.85. The summed E-state index contributed by atoms with van der Waals surface area (Å²) in [5.74, 6) is 1.04. The highest BCUT2D eigenvalue weighted by Gasteiger charge is 2.33. The molecule has 5 heteroatoms. The maximum Gasteiger partial charge on any atom is 0.239 e. The Kier molecular flexibility index (Phi) is 2.63. The van der Waals surface area contributed by atoms with E-state index in [1.807, 2.05) is 13.1 Å². The third-order valence-corrected chi connectivity index (χ3v) is 3.61. The molecule has 0 bridgehead atoms. The quantitative estimate of drug-likeness (QED) is 0.806. The van der Waals surface area contributed by atoms with Crippen molar-refractivity contribution in [3.05, 3.63) is 23.8 Å². The van der Waals surface area contributed by atoms with Gasteiger partial charge in [-0.05, 0) is 18.6 Å². The zero-order chi connectivity index (χ0) is 12.7. The van der Waals surface area contributed by atoms with Gasteiger partial charge in [0.2, 0.25) is 5.91 Å². The first-order chi connectivity index (χ1) is 8.65. The van der Waals surface area contributed by atoms with Gasteiger partial charge in [-0.1, -0.05) is 0 Å². The number of likely N-dealkylation sites (N-methyl/N-ethyl adjacent to an activating group) is 1. The summed E-state index contributed by atoms with van der Waals surface area (Å²) in [5, 5.41) is 12.7. The number of ether oxygens (including phenoxy) is 1. The molecule has 5 nitrogen and oxygen atoms in total. The number of nitrogens with zero attached hydrogens (tertiary/aromatic N) is 1. The molecule has 1 fully saturated rings. The first-order valence-corrected chi connectivity index (χ1v) is 6.12. The van der Waals surface area contributed by atoms with Crippen LogP contribution < -0.4 is 10.1 Å². The molecule has 0 spiro atoms. The van der Waals surface area contributed by atoms with E-state index >= 15 is 0 Å². The van der Waals surface area contributed by atoms with Crippen LogP contribution in [0.15, 0.2) is 18.2 Å². The molecule has 2 aliphatic rings. The fraction of sp³-hybridized carbons (Fsp3) is 0.462. The van der Waals surface area contributed by atoms with Crippen molar-refractivity contribution in [2.45, 2.75) is 18.5 Å². The van der Waals surface area contributed by atoms with Crippen LogP contribution in [0.3, 0.4) is 0 Å². The topological polar surface area (TPSA) is 61.8 Å². The average molecular weight is 248 g/mol. The van der Waals surface area contributed by atoms with E-state index in [4.69, 9.17) is 4.74 Å². The number of hydrogen-bond donors (Lipinski definition) is 2. The summed E-state index contributed by atoms with van der Waals surface area (Å²) in [6.07, 6.45) is 0.833. The minimum absolute atomic E-state index is 0.0287. The summed E-state index contributed by atoms with van der Waals surface area (Å²) in [5.41, 5.74) is 1.01. The number of likely N-dealkylation sites (tertiary alicyclic amines) is 1. The molecule has 2 heterocycles. The number of phenolic OH excluding ortho intramolecular Hbond substituents is 1. The second kappa shape index (κ2) is 4.17. The molecule has 0 radical (unpaired) electrons. The van der Waals surface area contributed by atoms with Crippen LogP contribution in [0.25, 0.3) is 0 Å². The van der Waals surface area contributed by atoms with Crippen molar-refractivity contribution < 1.29 is 14.6 Å². The zero-order valence-electron chi connectivity index (χ0n) is 10.2. The number of carbonyl (C=O) groups is 1. The highest BCUT2D eigenvalue weighted by molar-refractivity contribution is 5.83. The monoisotopic (exact) mass is 248 g/mol. The van der Waals surface area contributed by atoms with Crippen molar-refractivity contribution in [1.82, 2.24) is 10.2 Å². The minimum Gasteiger partial charge on any atom is -0.508 e. The van der Waals surface area contributed by atoms with E-state index in [0.29, 0.717) is 12.4 Å². The van der Waals surface area contributed by atoms with E-state index in [1.54, 1.807) is 17.0 Å². The van der Waals surface area contributed by atoms with Crippen molar-refractivity contribution in [1.29, 1.82) is 0 Å². The lowest BCUT2D eigenvalue weighted by atomic mass is 10.1. The highest BCUT2D eigenvalue weighted by atomic mass is 16.5. The van der Waals surface area contributed by atoms with Crippen molar-refractivity contribution >= 4 is 5.91 Å². The number of nitrogens with one attached hydrogen (secondary N) is 1. The third-order valence-electron chi connectivity index (χ3n) is 3.61. The molecule has 1 aromatic carbocycles. The Morgan fingerprint density at radius 2 is 2.28 bits per heavy atom. The average Bonchev–Trinajstić information content (AvgIpc) is 2.88. The summed E-state index contributed by atoms with van der Waals surface area (Å²) in [4.78, 5) is 13.6. The SMILES string of the molecule is CN1CCC(NC2COc3cc(O)ccc32)C1=O. The Morgan fingerprint density at radius 3 is 3.00 bits per heavy atom. The fourth-order valence-corrected chi connectivity index (χ4v) is 2.56. The van der Waals surface area contributed by atoms with Gasteiger partial charge in [0.15, 0.2) is 0 Å². The number of benzene rings is 1. The van der Waals surface area contributed by atoms with Gasteiger partial charge in [-0.25, -0.2) is 0 Å². The minimum atomic E-state index is -0.122. The Labute approximate surface area is 105 Å². The molecule has 1 saturated heterocycles. The summed E-state index contributed by atoms with van der Waals surface area (Å²) in [6.45, 7) is 1.30. The predicted octanol–water partition coefficient (Wildman–Crippen LogP) is 0.646. The van der Waals surface area contributed by atoms with Crippen LogP contribution in [0.4, 0.5) is 0 Å². The zero-order valence-corrected chi connectivity index (χ0v) is 10.2. The Morgan fingerprint density at radius 1 is 1.44 bits per heavy atom. The molecular formula is C13H16N2O3. The highest BCUT2D eigenvalue weighted by Crippen LogP contribution is 2.35. The van der Waals surface area contributed by atoms with Crippen LogP contribution in [0, 0.1) is 0 Å². The van der Waals surface area contributed by atoms with Crippen molar-refractivity contribution in [2.75, 3.05) is 20.2 Å². The number of rotatable bonds is 2. The van der Waals surface area contributed by atoms with Crippen LogP contribution in [-0.4, -0.2) is 42.2 Å². The lowest BCUT2D eigenvalue weighted by Gasteiger charge is -2.17. The molecule has 0 aromatic heterocycles. The van der Waals surface area contributed by atoms with Crippen LogP contribution >= 0.6 is 0 Å². The summed E-state index contributed by atoms with van der Waals surface area (Å²) in [6, 6.07) is 5.01. The van der Waals surface area contributed by atoms with E-state index in [0.717, 1.165) is 18.5 Å². The fourth-order valence-electron chi connectivity index (χ4n) is 2.56. The molecular weight excluding hydrogens is 232 g/mol. The van der Waals surface area contributed by atoms with Gasteiger partial charge in [-0.3, -0.25) is 10.1 Å². The van der Waals surface area contributed by atoms with E-state index in [2.05, 4.69) is 5.32 Å². The van der Waals surface area contributed by atoms with Gasteiger partial charge in [0.1, 0.15) is 18.1 Å². The lowest BCUT2D eigenvalue weighted by Crippen LogP contribution is -2.39. The Bertz CT molecular complexity index is 489. The van der Waals surface area contributed by atoms with E-state index in [9.17, 15) is 9.90 Å². The molecule has 96 valence electrons. The summed E-state index contributed by atoms with van der Waals surface area (Å²) < 4.78 is 5.52. The molecule has 18 heavy (non-hydrogen) atoms. The van der Waals surface area contributed by atoms with Crippen LogP contribution in [0.5, 0.6) is 11.5 Å². The Balaban J connectivity index is 1.75. The summed E-state index contributed by atoms with van der Waals surface area (Å²) in [7, 11) is 1.82. The molecule has 1 amide bonds. The molecule has 2 aliphatic heterocycles. The van der Waals surface area contributed by atoms with Gasteiger partial charge in [-0.15, -0.1) is 0 Å². The van der Waals surface area contributed by atoms with Gasteiger partial charge in [-0.2, -0.15) is 0 Å². The van der Waals surface area contributed by atoms with Gasteiger partial charge < -0.3 is 14.7 Å². The van der Waals surface area contributed by atoms with Gasteiger partial charge in [0, 0.05) is 25.2 Å². The smallest absolute Gasteiger partial charge is 0.239 e. The summed E-state index contributed by atoms with van der Waals surface area (Å²) >= 11 is 0. The van der Waals surface area contributed by atoms with E-state index < -0.39 is 0 Å². The maximum absolute atomic E-state index is 11.8. The van der Waals surface area contributed by atoms with E-state index in [-0.39, 0.29) is 23.7 Å². The number of fused-ring (bicyclic) bond motifs is 1. The standard InChI is InChI=1S/C13H16N2O3/c1-15-5-4-10(13(15)17)14-11-7-18-12-6-8(16)2-3-9(11)12/h2-3,6,10-11,14,16H,4-5,7H2,1H3. The predicted molar refractivity (Wildman–Crippen MR) is 65.5 cm³/mol. The number of carbonyl (C=O) groups excluding carboxylic acids is 1. The van der Waals surface area contributed by atoms with E-state index in [1.165, 1.54) is 0 Å². The molecule has 2 N–H and O–H groups in total. The Hall–Kier alpha value is -1.75. The number of phenols is 1. The maximum atomic E-state index is 11.8. The second-order valence-corrected chi connectivity index (χ2v) is 4.85. The molecule has 1 aromatic rings. The molecule has 2 unspecified atom stereocenters. The van der Waals surface area contributed by atoms with Crippen molar-refractivity contribution in [2.24, 2.45) is 0 Å². The first kappa shape index (κ1) is 11.3. The van der Waals surface area contributed by atoms with Crippen molar-refractivity contribution in [3.63, 3.8) is 0 Å². The number of aromatic hydroxyl groups is 1.